The average Bonchev–Trinajstić information content (AvgIpc) is 3.29. The lowest BCUT2D eigenvalue weighted by atomic mass is 10.1. The van der Waals surface area contributed by atoms with E-state index in [9.17, 15) is 18.0 Å². The number of nitrogens with one attached hydrogen (secondary N) is 1. The molecule has 0 fully saturated rings. The number of sulfonamides is 1. The monoisotopic (exact) mass is 557 g/mol. The van der Waals surface area contributed by atoms with Gasteiger partial charge >= 0.3 is 0 Å². The van der Waals surface area contributed by atoms with Crippen molar-refractivity contribution in [1.82, 2.24) is 10.2 Å². The van der Waals surface area contributed by atoms with Crippen LogP contribution in [0.3, 0.4) is 0 Å². The van der Waals surface area contributed by atoms with Crippen LogP contribution in [-0.2, 0) is 26.2 Å². The van der Waals surface area contributed by atoms with Crippen LogP contribution >= 0.6 is 23.2 Å². The maximum Gasteiger partial charge on any atom is 0.244 e. The van der Waals surface area contributed by atoms with Gasteiger partial charge in [0.1, 0.15) is 12.6 Å². The molecule has 196 valence electrons. The first-order valence-corrected chi connectivity index (χ1v) is 13.7. The number of halogens is 2. The number of hydrogen-bond donors (Lipinski definition) is 1. The highest BCUT2D eigenvalue weighted by Crippen LogP contribution is 2.36. The number of anilines is 1. The summed E-state index contributed by atoms with van der Waals surface area (Å²) in [5.41, 5.74) is 0.810. The predicted molar refractivity (Wildman–Crippen MR) is 139 cm³/mol. The minimum Gasteiger partial charge on any atom is -0.454 e. The molecule has 0 radical (unpaired) electrons. The fourth-order valence-electron chi connectivity index (χ4n) is 3.58. The summed E-state index contributed by atoms with van der Waals surface area (Å²) in [7, 11) is -3.87. The average molecular weight is 558 g/mol. The second kappa shape index (κ2) is 11.6. The number of benzene rings is 2. The third-order valence-electron chi connectivity index (χ3n) is 5.58. The van der Waals surface area contributed by atoms with Crippen molar-refractivity contribution in [1.29, 1.82) is 0 Å². The molecule has 0 aliphatic carbocycles. The van der Waals surface area contributed by atoms with Crippen LogP contribution in [0.1, 0.15) is 33.3 Å². The molecule has 0 spiro atoms. The quantitative estimate of drug-likeness (QED) is 0.476. The largest absolute Gasteiger partial charge is 0.454 e. The number of nitrogens with zero attached hydrogens (tertiary/aromatic N) is 2. The summed E-state index contributed by atoms with van der Waals surface area (Å²) in [5, 5.41) is 3.54. The van der Waals surface area contributed by atoms with Crippen LogP contribution in [0.5, 0.6) is 11.5 Å². The first-order chi connectivity index (χ1) is 16.9. The molecular weight excluding hydrogens is 529 g/mol. The number of amides is 2. The van der Waals surface area contributed by atoms with Gasteiger partial charge < -0.3 is 19.7 Å². The van der Waals surface area contributed by atoms with Crippen molar-refractivity contribution in [3.63, 3.8) is 0 Å². The number of fused-ring (bicyclic) bond motifs is 1. The molecule has 12 heteroatoms. The molecular formula is C24H29Cl2N3O6S. The highest BCUT2D eigenvalue weighted by atomic mass is 35.5. The van der Waals surface area contributed by atoms with Crippen molar-refractivity contribution in [2.45, 2.75) is 46.3 Å². The van der Waals surface area contributed by atoms with Gasteiger partial charge in [0.2, 0.25) is 28.6 Å². The topological polar surface area (TPSA) is 105 Å². The van der Waals surface area contributed by atoms with Crippen LogP contribution in [-0.4, -0.2) is 56.3 Å². The summed E-state index contributed by atoms with van der Waals surface area (Å²) in [5.74, 6) is -0.331. The second-order valence-corrected chi connectivity index (χ2v) is 11.6. The van der Waals surface area contributed by atoms with Crippen LogP contribution < -0.4 is 19.1 Å². The Kier molecular flexibility index (Phi) is 8.97. The van der Waals surface area contributed by atoms with E-state index in [0.29, 0.717) is 27.1 Å². The van der Waals surface area contributed by atoms with Crippen molar-refractivity contribution in [3.05, 3.63) is 52.0 Å². The van der Waals surface area contributed by atoms with Gasteiger partial charge in [-0.2, -0.15) is 0 Å². The smallest absolute Gasteiger partial charge is 0.244 e. The lowest BCUT2D eigenvalue weighted by molar-refractivity contribution is -0.139. The zero-order valence-corrected chi connectivity index (χ0v) is 22.8. The number of rotatable bonds is 10. The molecule has 1 heterocycles. The van der Waals surface area contributed by atoms with Crippen LogP contribution in [0.15, 0.2) is 36.4 Å². The van der Waals surface area contributed by atoms with Crippen LogP contribution in [0.25, 0.3) is 0 Å². The number of ether oxygens (including phenoxy) is 2. The van der Waals surface area contributed by atoms with E-state index < -0.39 is 28.5 Å². The molecule has 36 heavy (non-hydrogen) atoms. The van der Waals surface area contributed by atoms with Gasteiger partial charge in [-0.05, 0) is 57.5 Å². The summed E-state index contributed by atoms with van der Waals surface area (Å²) in [4.78, 5) is 27.8. The summed E-state index contributed by atoms with van der Waals surface area (Å²) in [6, 6.07) is 8.42. The first kappa shape index (κ1) is 27.9. The minimum absolute atomic E-state index is 0.0242. The molecule has 0 saturated heterocycles. The Balaban J connectivity index is 1.96. The van der Waals surface area contributed by atoms with Crippen molar-refractivity contribution in [2.24, 2.45) is 0 Å². The van der Waals surface area contributed by atoms with Crippen LogP contribution in [0, 0.1) is 0 Å². The number of carbonyl (C=O) groups excluding carboxylic acids is 2. The summed E-state index contributed by atoms with van der Waals surface area (Å²) < 4.78 is 37.8. The molecule has 1 aliphatic rings. The summed E-state index contributed by atoms with van der Waals surface area (Å²) in [6.07, 6.45) is 0. The van der Waals surface area contributed by atoms with Crippen LogP contribution in [0.2, 0.25) is 10.0 Å². The molecule has 9 nitrogen and oxygen atoms in total. The Hall–Kier alpha value is -2.69. The normalized spacial score (nSPS) is 13.4. The van der Waals surface area contributed by atoms with E-state index in [-0.39, 0.29) is 36.7 Å². The zero-order chi connectivity index (χ0) is 26.6. The van der Waals surface area contributed by atoms with Crippen LogP contribution in [0.4, 0.5) is 5.69 Å². The molecule has 3 rings (SSSR count). The van der Waals surface area contributed by atoms with E-state index in [1.807, 2.05) is 13.8 Å². The lowest BCUT2D eigenvalue weighted by Gasteiger charge is -2.32. The molecule has 0 unspecified atom stereocenters. The summed E-state index contributed by atoms with van der Waals surface area (Å²) in [6.45, 7) is 6.16. The highest BCUT2D eigenvalue weighted by molar-refractivity contribution is 7.92. The Morgan fingerprint density at radius 2 is 1.75 bits per heavy atom. The molecule has 1 aliphatic heterocycles. The van der Waals surface area contributed by atoms with Gasteiger partial charge in [-0.3, -0.25) is 13.9 Å². The van der Waals surface area contributed by atoms with E-state index in [2.05, 4.69) is 5.32 Å². The molecule has 1 atom stereocenters. The van der Waals surface area contributed by atoms with Gasteiger partial charge in [0.15, 0.2) is 11.5 Å². The fraction of sp³-hybridized carbons (Fsp3) is 0.417. The van der Waals surface area contributed by atoms with E-state index in [1.54, 1.807) is 37.3 Å². The standard InChI is InChI=1S/C24H29Cl2N3O6S/c1-5-36(32,33)29(19-8-9-21-22(11-19)35-14-34-21)13-23(30)28(16(4)24(31)27-15(2)3)12-17-6-7-18(25)10-20(17)26/h6-11,15-16H,5,12-14H2,1-4H3,(H,27,31)/t16-/m0/s1. The Bertz CT molecular complexity index is 1240. The van der Waals surface area contributed by atoms with Gasteiger partial charge in [0.25, 0.3) is 0 Å². The molecule has 0 aromatic heterocycles. The zero-order valence-electron chi connectivity index (χ0n) is 20.5. The van der Waals surface area contributed by atoms with Gasteiger partial charge in [0, 0.05) is 28.7 Å². The van der Waals surface area contributed by atoms with Crippen molar-refractivity contribution >= 4 is 50.7 Å². The fourth-order valence-corrected chi connectivity index (χ4v) is 5.10. The van der Waals surface area contributed by atoms with E-state index in [4.69, 9.17) is 32.7 Å². The Labute approximate surface area is 221 Å². The number of carbonyl (C=O) groups is 2. The molecule has 2 aromatic carbocycles. The molecule has 0 saturated carbocycles. The van der Waals surface area contributed by atoms with Gasteiger partial charge in [-0.1, -0.05) is 29.3 Å². The highest BCUT2D eigenvalue weighted by Gasteiger charge is 2.32. The van der Waals surface area contributed by atoms with Crippen molar-refractivity contribution < 1.29 is 27.5 Å². The Morgan fingerprint density at radius 3 is 2.39 bits per heavy atom. The van der Waals surface area contributed by atoms with Gasteiger partial charge in [0.05, 0.1) is 11.4 Å². The molecule has 1 N–H and O–H groups in total. The van der Waals surface area contributed by atoms with Crippen molar-refractivity contribution in [2.75, 3.05) is 23.4 Å². The molecule has 2 amide bonds. The van der Waals surface area contributed by atoms with E-state index >= 15 is 0 Å². The Morgan fingerprint density at radius 1 is 1.06 bits per heavy atom. The lowest BCUT2D eigenvalue weighted by Crippen LogP contribution is -2.52. The van der Waals surface area contributed by atoms with E-state index in [0.717, 1.165) is 4.31 Å². The first-order valence-electron chi connectivity index (χ1n) is 11.4. The second-order valence-electron chi connectivity index (χ2n) is 8.54. The third kappa shape index (κ3) is 6.54. The van der Waals surface area contributed by atoms with Crippen molar-refractivity contribution in [3.8, 4) is 11.5 Å². The SMILES string of the molecule is CCS(=O)(=O)N(CC(=O)N(Cc1ccc(Cl)cc1Cl)[C@@H](C)C(=O)NC(C)C)c1ccc2c(c1)OCO2. The predicted octanol–water partition coefficient (Wildman–Crippen LogP) is 3.82. The third-order valence-corrected chi connectivity index (χ3v) is 7.91. The molecule has 2 aromatic rings. The minimum atomic E-state index is -3.87. The van der Waals surface area contributed by atoms with E-state index in [1.165, 1.54) is 17.9 Å². The maximum absolute atomic E-state index is 13.7. The molecule has 0 bridgehead atoms. The number of hydrogen-bond acceptors (Lipinski definition) is 6. The maximum atomic E-state index is 13.7. The van der Waals surface area contributed by atoms with Gasteiger partial charge in [-0.25, -0.2) is 8.42 Å². The summed E-state index contributed by atoms with van der Waals surface area (Å²) >= 11 is 12.4. The van der Waals surface area contributed by atoms with Gasteiger partial charge in [-0.15, -0.1) is 0 Å².